The van der Waals surface area contributed by atoms with Gasteiger partial charge in [0, 0.05) is 0 Å². The van der Waals surface area contributed by atoms with Crippen LogP contribution < -0.4 is 14.8 Å². The van der Waals surface area contributed by atoms with Crippen molar-refractivity contribution in [2.24, 2.45) is 0 Å². The fraction of sp³-hybridized carbons (Fsp3) is 0.143. The van der Waals surface area contributed by atoms with Crippen LogP contribution in [0.4, 0.5) is 5.95 Å². The maximum Gasteiger partial charge on any atom is 0.268 e. The smallest absolute Gasteiger partial charge is 0.268 e. The standard InChI is InChI=1S/C21H19N3O3S/c1-26-15-8-10-16(11-9-15)27-13-12-24-18-6-3-2-5-17(18)22-21(24)23-20(25)19-7-4-14-28-19/h2-11,14H,12-13H2,1H3,(H,22,23,25). The van der Waals surface area contributed by atoms with Gasteiger partial charge in [-0.25, -0.2) is 4.98 Å². The maximum absolute atomic E-state index is 12.5. The predicted octanol–water partition coefficient (Wildman–Crippen LogP) is 4.44. The molecule has 0 saturated heterocycles. The van der Waals surface area contributed by atoms with Crippen molar-refractivity contribution in [1.29, 1.82) is 0 Å². The molecular weight excluding hydrogens is 374 g/mol. The summed E-state index contributed by atoms with van der Waals surface area (Å²) in [5.41, 5.74) is 1.77. The van der Waals surface area contributed by atoms with Crippen molar-refractivity contribution in [2.75, 3.05) is 19.0 Å². The van der Waals surface area contributed by atoms with E-state index in [4.69, 9.17) is 9.47 Å². The van der Waals surface area contributed by atoms with E-state index < -0.39 is 0 Å². The normalized spacial score (nSPS) is 10.8. The second kappa shape index (κ2) is 8.14. The average Bonchev–Trinajstić information content (AvgIpc) is 3.37. The molecule has 28 heavy (non-hydrogen) atoms. The Hall–Kier alpha value is -3.32. The van der Waals surface area contributed by atoms with Gasteiger partial charge in [-0.1, -0.05) is 18.2 Å². The number of benzene rings is 2. The lowest BCUT2D eigenvalue weighted by Gasteiger charge is -2.11. The average molecular weight is 393 g/mol. The number of imidazole rings is 1. The fourth-order valence-corrected chi connectivity index (χ4v) is 3.51. The molecule has 7 heteroatoms. The zero-order valence-corrected chi connectivity index (χ0v) is 16.1. The minimum atomic E-state index is -0.164. The highest BCUT2D eigenvalue weighted by molar-refractivity contribution is 7.12. The van der Waals surface area contributed by atoms with E-state index in [9.17, 15) is 4.79 Å². The summed E-state index contributed by atoms with van der Waals surface area (Å²) in [7, 11) is 1.63. The molecule has 0 radical (unpaired) electrons. The molecule has 4 rings (SSSR count). The number of rotatable bonds is 7. The van der Waals surface area contributed by atoms with Crippen LogP contribution in [-0.2, 0) is 6.54 Å². The van der Waals surface area contributed by atoms with Gasteiger partial charge in [-0.15, -0.1) is 11.3 Å². The van der Waals surface area contributed by atoms with Gasteiger partial charge in [0.1, 0.15) is 18.1 Å². The van der Waals surface area contributed by atoms with E-state index in [1.165, 1.54) is 11.3 Å². The van der Waals surface area contributed by atoms with Gasteiger partial charge in [-0.3, -0.25) is 10.1 Å². The molecule has 0 bridgehead atoms. The third-order valence-corrected chi connectivity index (χ3v) is 5.14. The highest BCUT2D eigenvalue weighted by atomic mass is 32.1. The van der Waals surface area contributed by atoms with Crippen molar-refractivity contribution in [1.82, 2.24) is 9.55 Å². The van der Waals surface area contributed by atoms with Gasteiger partial charge in [-0.05, 0) is 47.8 Å². The van der Waals surface area contributed by atoms with Crippen molar-refractivity contribution >= 4 is 34.2 Å². The number of aromatic nitrogens is 2. The molecule has 0 aliphatic rings. The molecule has 0 aliphatic heterocycles. The van der Waals surface area contributed by atoms with Gasteiger partial charge in [0.05, 0.1) is 29.6 Å². The molecular formula is C21H19N3O3S. The molecule has 2 heterocycles. The fourth-order valence-electron chi connectivity index (χ4n) is 2.89. The molecule has 0 atom stereocenters. The van der Waals surface area contributed by atoms with Crippen molar-refractivity contribution in [3.63, 3.8) is 0 Å². The van der Waals surface area contributed by atoms with E-state index in [2.05, 4.69) is 10.3 Å². The summed E-state index contributed by atoms with van der Waals surface area (Å²) in [5.74, 6) is 1.89. The van der Waals surface area contributed by atoms with Crippen LogP contribution in [0.1, 0.15) is 9.67 Å². The molecule has 142 valence electrons. The van der Waals surface area contributed by atoms with Crippen molar-refractivity contribution < 1.29 is 14.3 Å². The number of thiophene rings is 1. The number of carbonyl (C=O) groups is 1. The summed E-state index contributed by atoms with van der Waals surface area (Å²) in [6.07, 6.45) is 0. The Morgan fingerprint density at radius 3 is 2.61 bits per heavy atom. The number of methoxy groups -OCH3 is 1. The van der Waals surface area contributed by atoms with Gasteiger partial charge < -0.3 is 14.0 Å². The molecule has 0 unspecified atom stereocenters. The number of hydrogen-bond donors (Lipinski definition) is 1. The third kappa shape index (κ3) is 3.84. The van der Waals surface area contributed by atoms with Gasteiger partial charge in [-0.2, -0.15) is 0 Å². The maximum atomic E-state index is 12.5. The van der Waals surface area contributed by atoms with E-state index >= 15 is 0 Å². The monoisotopic (exact) mass is 393 g/mol. The van der Waals surface area contributed by atoms with Gasteiger partial charge in [0.2, 0.25) is 5.95 Å². The SMILES string of the molecule is COc1ccc(OCCn2c(NC(=O)c3cccs3)nc3ccccc32)cc1. The van der Waals surface area contributed by atoms with E-state index in [0.29, 0.717) is 24.0 Å². The van der Waals surface area contributed by atoms with E-state index in [-0.39, 0.29) is 5.91 Å². The number of ether oxygens (including phenoxy) is 2. The quantitative estimate of drug-likeness (QED) is 0.504. The number of nitrogens with zero attached hydrogens (tertiary/aromatic N) is 2. The van der Waals surface area contributed by atoms with E-state index in [0.717, 1.165) is 22.5 Å². The topological polar surface area (TPSA) is 65.4 Å². The lowest BCUT2D eigenvalue weighted by atomic mass is 10.3. The van der Waals surface area contributed by atoms with Crippen LogP contribution in [0.2, 0.25) is 0 Å². The molecule has 0 aliphatic carbocycles. The van der Waals surface area contributed by atoms with Gasteiger partial charge in [0.15, 0.2) is 0 Å². The van der Waals surface area contributed by atoms with Gasteiger partial charge in [0.25, 0.3) is 5.91 Å². The number of nitrogens with one attached hydrogen (secondary N) is 1. The lowest BCUT2D eigenvalue weighted by Crippen LogP contribution is -2.17. The molecule has 4 aromatic rings. The first kappa shape index (κ1) is 18.1. The predicted molar refractivity (Wildman–Crippen MR) is 110 cm³/mol. The number of hydrogen-bond acceptors (Lipinski definition) is 5. The second-order valence-corrected chi connectivity index (χ2v) is 6.98. The molecule has 0 saturated carbocycles. The highest BCUT2D eigenvalue weighted by Gasteiger charge is 2.15. The van der Waals surface area contributed by atoms with E-state index in [1.54, 1.807) is 13.2 Å². The van der Waals surface area contributed by atoms with Crippen LogP contribution >= 0.6 is 11.3 Å². The molecule has 1 N–H and O–H groups in total. The Morgan fingerprint density at radius 2 is 1.86 bits per heavy atom. The molecule has 1 amide bonds. The number of amides is 1. The zero-order chi connectivity index (χ0) is 19.3. The van der Waals surface area contributed by atoms with Gasteiger partial charge >= 0.3 is 0 Å². The molecule has 6 nitrogen and oxygen atoms in total. The molecule has 0 fully saturated rings. The lowest BCUT2D eigenvalue weighted by molar-refractivity contribution is 0.102. The van der Waals surface area contributed by atoms with Crippen molar-refractivity contribution in [3.05, 3.63) is 70.9 Å². The Bertz CT molecular complexity index is 1070. The third-order valence-electron chi connectivity index (χ3n) is 4.27. The van der Waals surface area contributed by atoms with Crippen LogP contribution in [0.25, 0.3) is 11.0 Å². The first-order valence-corrected chi connectivity index (χ1v) is 9.69. The summed E-state index contributed by atoms with van der Waals surface area (Å²) in [6.45, 7) is 0.987. The van der Waals surface area contributed by atoms with Crippen LogP contribution in [0, 0.1) is 0 Å². The second-order valence-electron chi connectivity index (χ2n) is 6.03. The number of para-hydroxylation sites is 2. The summed E-state index contributed by atoms with van der Waals surface area (Å²) < 4.78 is 13.0. The van der Waals surface area contributed by atoms with Crippen LogP contribution in [0.3, 0.4) is 0 Å². The number of carbonyl (C=O) groups excluding carboxylic acids is 1. The van der Waals surface area contributed by atoms with Crippen LogP contribution in [0.15, 0.2) is 66.0 Å². The van der Waals surface area contributed by atoms with Crippen molar-refractivity contribution in [2.45, 2.75) is 6.54 Å². The molecule has 0 spiro atoms. The Morgan fingerprint density at radius 1 is 1.07 bits per heavy atom. The largest absolute Gasteiger partial charge is 0.497 e. The first-order valence-electron chi connectivity index (χ1n) is 8.81. The summed E-state index contributed by atoms with van der Waals surface area (Å²) in [5, 5.41) is 4.79. The van der Waals surface area contributed by atoms with Crippen molar-refractivity contribution in [3.8, 4) is 11.5 Å². The summed E-state index contributed by atoms with van der Waals surface area (Å²) in [6, 6.07) is 18.9. The zero-order valence-electron chi connectivity index (χ0n) is 15.3. The minimum absolute atomic E-state index is 0.164. The Labute approximate surface area is 166 Å². The minimum Gasteiger partial charge on any atom is -0.497 e. The Balaban J connectivity index is 1.52. The molecule has 2 aromatic carbocycles. The van der Waals surface area contributed by atoms with Crippen LogP contribution in [-0.4, -0.2) is 29.2 Å². The van der Waals surface area contributed by atoms with Crippen LogP contribution in [0.5, 0.6) is 11.5 Å². The molecule has 2 aromatic heterocycles. The number of fused-ring (bicyclic) bond motifs is 1. The van der Waals surface area contributed by atoms with E-state index in [1.807, 2.05) is 64.5 Å². The highest BCUT2D eigenvalue weighted by Crippen LogP contribution is 2.22. The number of anilines is 1. The summed E-state index contributed by atoms with van der Waals surface area (Å²) >= 11 is 1.40. The first-order chi connectivity index (χ1) is 13.7. The Kier molecular flexibility index (Phi) is 5.25. The summed E-state index contributed by atoms with van der Waals surface area (Å²) in [4.78, 5) is 17.7.